The van der Waals surface area contributed by atoms with E-state index in [1.807, 2.05) is 60.7 Å². The number of carbonyl (C=O) groups excluding carboxylic acids is 1. The zero-order valence-corrected chi connectivity index (χ0v) is 12.1. The van der Waals surface area contributed by atoms with Crippen LogP contribution in [0, 0.1) is 0 Å². The molecule has 0 spiro atoms. The first-order chi connectivity index (χ1) is 10.8. The molecule has 108 valence electrons. The first kappa shape index (κ1) is 14.0. The Hall–Kier alpha value is -2.94. The maximum atomic E-state index is 12.8. The molecule has 3 rings (SSSR count). The van der Waals surface area contributed by atoms with Gasteiger partial charge in [-0.25, -0.2) is 0 Å². The van der Waals surface area contributed by atoms with Crippen molar-refractivity contribution in [2.45, 2.75) is 0 Å². The van der Waals surface area contributed by atoms with E-state index in [1.165, 1.54) is 0 Å². The summed E-state index contributed by atoms with van der Waals surface area (Å²) in [7, 11) is 0. The molecule has 1 aromatic heterocycles. The van der Waals surface area contributed by atoms with E-state index in [1.54, 1.807) is 17.2 Å². The summed E-state index contributed by atoms with van der Waals surface area (Å²) in [5.41, 5.74) is 2.30. The van der Waals surface area contributed by atoms with Gasteiger partial charge < -0.3 is 4.90 Å². The van der Waals surface area contributed by atoms with Crippen LogP contribution in [0.2, 0.25) is 0 Å². The monoisotopic (exact) mass is 288 g/mol. The number of benzene rings is 2. The third-order valence-corrected chi connectivity index (χ3v) is 3.46. The molecule has 3 heteroatoms. The number of rotatable bonds is 4. The van der Waals surface area contributed by atoms with Gasteiger partial charge in [0.2, 0.25) is 0 Å². The van der Waals surface area contributed by atoms with E-state index in [4.69, 9.17) is 0 Å². The Kier molecular flexibility index (Phi) is 3.97. The standard InChI is InChI=1S/C19H16N2O/c1-2-12-21(17-9-4-3-5-10-17)19(22)16-13-15-8-6-7-11-18(15)20-14-16/h2-11,13-14H,1,12H2. The van der Waals surface area contributed by atoms with Gasteiger partial charge in [-0.1, -0.05) is 42.5 Å². The van der Waals surface area contributed by atoms with Crippen LogP contribution in [0.25, 0.3) is 10.9 Å². The summed E-state index contributed by atoms with van der Waals surface area (Å²) in [6.07, 6.45) is 3.35. The maximum absolute atomic E-state index is 12.8. The van der Waals surface area contributed by atoms with Crippen LogP contribution < -0.4 is 4.90 Å². The molecule has 0 aliphatic heterocycles. The van der Waals surface area contributed by atoms with E-state index >= 15 is 0 Å². The lowest BCUT2D eigenvalue weighted by molar-refractivity contribution is 0.0989. The Morgan fingerprint density at radius 2 is 1.82 bits per heavy atom. The summed E-state index contributed by atoms with van der Waals surface area (Å²) >= 11 is 0. The number of hydrogen-bond acceptors (Lipinski definition) is 2. The third kappa shape index (κ3) is 2.74. The van der Waals surface area contributed by atoms with E-state index in [9.17, 15) is 4.79 Å². The van der Waals surface area contributed by atoms with Crippen molar-refractivity contribution in [3.8, 4) is 0 Å². The van der Waals surface area contributed by atoms with Gasteiger partial charge in [0.25, 0.3) is 5.91 Å². The number of anilines is 1. The van der Waals surface area contributed by atoms with Crippen LogP contribution >= 0.6 is 0 Å². The molecule has 1 heterocycles. The molecule has 3 nitrogen and oxygen atoms in total. The minimum absolute atomic E-state index is 0.0793. The minimum atomic E-state index is -0.0793. The molecule has 0 aliphatic rings. The largest absolute Gasteiger partial charge is 0.305 e. The Bertz CT molecular complexity index is 812. The van der Waals surface area contributed by atoms with Crippen LogP contribution in [-0.4, -0.2) is 17.4 Å². The SMILES string of the molecule is C=CCN(C(=O)c1cnc2ccccc2c1)c1ccccc1. The van der Waals surface area contributed by atoms with Gasteiger partial charge in [-0.2, -0.15) is 0 Å². The first-order valence-corrected chi connectivity index (χ1v) is 7.12. The van der Waals surface area contributed by atoms with Gasteiger partial charge in [-0.3, -0.25) is 9.78 Å². The average Bonchev–Trinajstić information content (AvgIpc) is 2.59. The van der Waals surface area contributed by atoms with Crippen LogP contribution in [0.5, 0.6) is 0 Å². The van der Waals surface area contributed by atoms with Crippen molar-refractivity contribution < 1.29 is 4.79 Å². The van der Waals surface area contributed by atoms with Gasteiger partial charge in [0.05, 0.1) is 11.1 Å². The summed E-state index contributed by atoms with van der Waals surface area (Å²) in [5.74, 6) is -0.0793. The summed E-state index contributed by atoms with van der Waals surface area (Å²) in [6.45, 7) is 4.20. The number of aromatic nitrogens is 1. The predicted octanol–water partition coefficient (Wildman–Crippen LogP) is 4.07. The topological polar surface area (TPSA) is 33.2 Å². The fourth-order valence-electron chi connectivity index (χ4n) is 2.39. The Balaban J connectivity index is 2.00. The number of amides is 1. The Morgan fingerprint density at radius 1 is 1.09 bits per heavy atom. The van der Waals surface area contributed by atoms with Crippen molar-refractivity contribution in [2.24, 2.45) is 0 Å². The van der Waals surface area contributed by atoms with Crippen molar-refractivity contribution in [2.75, 3.05) is 11.4 Å². The van der Waals surface area contributed by atoms with E-state index in [0.717, 1.165) is 16.6 Å². The van der Waals surface area contributed by atoms with Crippen molar-refractivity contribution in [3.63, 3.8) is 0 Å². The van der Waals surface area contributed by atoms with Crippen molar-refractivity contribution in [1.29, 1.82) is 0 Å². The van der Waals surface area contributed by atoms with Crippen LogP contribution in [-0.2, 0) is 0 Å². The fourth-order valence-corrected chi connectivity index (χ4v) is 2.39. The molecule has 0 bridgehead atoms. The highest BCUT2D eigenvalue weighted by atomic mass is 16.2. The summed E-state index contributed by atoms with van der Waals surface area (Å²) in [5, 5.41) is 0.958. The lowest BCUT2D eigenvalue weighted by atomic mass is 10.1. The zero-order chi connectivity index (χ0) is 15.4. The number of pyridine rings is 1. The zero-order valence-electron chi connectivity index (χ0n) is 12.1. The molecule has 2 aromatic carbocycles. The van der Waals surface area contributed by atoms with E-state index in [0.29, 0.717) is 12.1 Å². The Labute approximate surface area is 129 Å². The second-order valence-corrected chi connectivity index (χ2v) is 4.96. The molecule has 0 unspecified atom stereocenters. The highest BCUT2D eigenvalue weighted by molar-refractivity contribution is 6.07. The quantitative estimate of drug-likeness (QED) is 0.678. The highest BCUT2D eigenvalue weighted by Gasteiger charge is 2.17. The summed E-state index contributed by atoms with van der Waals surface area (Å²) in [4.78, 5) is 18.9. The Morgan fingerprint density at radius 3 is 2.59 bits per heavy atom. The molecule has 0 N–H and O–H groups in total. The molecular weight excluding hydrogens is 272 g/mol. The smallest absolute Gasteiger partial charge is 0.260 e. The summed E-state index contributed by atoms with van der Waals surface area (Å²) < 4.78 is 0. The number of nitrogens with zero attached hydrogens (tertiary/aromatic N) is 2. The van der Waals surface area contributed by atoms with Gasteiger partial charge >= 0.3 is 0 Å². The number of carbonyl (C=O) groups is 1. The molecular formula is C19H16N2O. The molecule has 0 saturated carbocycles. The minimum Gasteiger partial charge on any atom is -0.305 e. The maximum Gasteiger partial charge on any atom is 0.260 e. The van der Waals surface area contributed by atoms with Crippen LogP contribution in [0.15, 0.2) is 79.5 Å². The van der Waals surface area contributed by atoms with Gasteiger partial charge in [0.1, 0.15) is 0 Å². The molecule has 22 heavy (non-hydrogen) atoms. The van der Waals surface area contributed by atoms with E-state index < -0.39 is 0 Å². The lowest BCUT2D eigenvalue weighted by Gasteiger charge is -2.21. The lowest BCUT2D eigenvalue weighted by Crippen LogP contribution is -2.31. The molecule has 0 radical (unpaired) electrons. The normalized spacial score (nSPS) is 10.4. The van der Waals surface area contributed by atoms with Crippen LogP contribution in [0.1, 0.15) is 10.4 Å². The number of fused-ring (bicyclic) bond motifs is 1. The molecule has 0 atom stereocenters. The van der Waals surface area contributed by atoms with Crippen LogP contribution in [0.3, 0.4) is 0 Å². The second-order valence-electron chi connectivity index (χ2n) is 4.96. The second kappa shape index (κ2) is 6.22. The first-order valence-electron chi connectivity index (χ1n) is 7.12. The van der Waals surface area contributed by atoms with Crippen molar-refractivity contribution >= 4 is 22.5 Å². The van der Waals surface area contributed by atoms with Crippen molar-refractivity contribution in [3.05, 3.63) is 85.1 Å². The van der Waals surface area contributed by atoms with Crippen molar-refractivity contribution in [1.82, 2.24) is 4.98 Å². The van der Waals surface area contributed by atoms with E-state index in [2.05, 4.69) is 11.6 Å². The molecule has 0 aliphatic carbocycles. The van der Waals surface area contributed by atoms with E-state index in [-0.39, 0.29) is 5.91 Å². The van der Waals surface area contributed by atoms with Gasteiger partial charge in [0, 0.05) is 23.8 Å². The molecule has 0 saturated heterocycles. The summed E-state index contributed by atoms with van der Waals surface area (Å²) in [6, 6.07) is 19.2. The molecule has 0 fully saturated rings. The number of hydrogen-bond donors (Lipinski definition) is 0. The number of para-hydroxylation sites is 2. The van der Waals surface area contributed by atoms with Gasteiger partial charge in [-0.05, 0) is 24.3 Å². The third-order valence-electron chi connectivity index (χ3n) is 3.46. The average molecular weight is 288 g/mol. The highest BCUT2D eigenvalue weighted by Crippen LogP contribution is 2.19. The predicted molar refractivity (Wildman–Crippen MR) is 90.1 cm³/mol. The van der Waals surface area contributed by atoms with Gasteiger partial charge in [-0.15, -0.1) is 6.58 Å². The van der Waals surface area contributed by atoms with Gasteiger partial charge in [0.15, 0.2) is 0 Å². The molecule has 3 aromatic rings. The fraction of sp³-hybridized carbons (Fsp3) is 0.0526. The van der Waals surface area contributed by atoms with Crippen LogP contribution in [0.4, 0.5) is 5.69 Å². The molecule has 1 amide bonds.